The molecular formula is C30H43N5O6. The van der Waals surface area contributed by atoms with Gasteiger partial charge in [-0.05, 0) is 55.0 Å². The van der Waals surface area contributed by atoms with Crippen molar-refractivity contribution in [2.75, 3.05) is 6.54 Å². The Balaban J connectivity index is 2.31. The molecule has 0 fully saturated rings. The van der Waals surface area contributed by atoms with Crippen molar-refractivity contribution in [3.8, 4) is 5.75 Å². The summed E-state index contributed by atoms with van der Waals surface area (Å²) in [5.41, 5.74) is 13.0. The fourth-order valence-corrected chi connectivity index (χ4v) is 4.21. The standard InChI is InChI=1S/C30H43N5O6/c1-3-19(2)26(32)29(39)35-25(17-20-9-5-4-6-10-20)28(38)34-24(18-21-12-14-22(36)15-13-21)27(37)33-23(30(40)41)11-7-8-16-31/h4-6,9-10,12-15,19,23-26,36H,3,7-8,11,16-18,31-32H2,1-2H3,(H,33,37)(H,34,38)(H,35,39)(H,40,41). The van der Waals surface area contributed by atoms with Gasteiger partial charge >= 0.3 is 5.97 Å². The number of aliphatic carboxylic acids is 1. The number of benzene rings is 2. The predicted octanol–water partition coefficient (Wildman–Crippen LogP) is 1.22. The summed E-state index contributed by atoms with van der Waals surface area (Å²) in [5, 5.41) is 27.3. The maximum Gasteiger partial charge on any atom is 0.326 e. The molecule has 0 spiro atoms. The molecule has 0 saturated heterocycles. The maximum absolute atomic E-state index is 13.6. The highest BCUT2D eigenvalue weighted by Crippen LogP contribution is 2.13. The molecular weight excluding hydrogens is 526 g/mol. The molecule has 11 nitrogen and oxygen atoms in total. The van der Waals surface area contributed by atoms with E-state index in [1.54, 1.807) is 12.1 Å². The van der Waals surface area contributed by atoms with E-state index in [0.29, 0.717) is 31.4 Å². The van der Waals surface area contributed by atoms with Gasteiger partial charge < -0.3 is 37.6 Å². The Bertz CT molecular complexity index is 1130. The van der Waals surface area contributed by atoms with Gasteiger partial charge in [0.15, 0.2) is 0 Å². The van der Waals surface area contributed by atoms with Crippen LogP contribution in [0.25, 0.3) is 0 Å². The van der Waals surface area contributed by atoms with Crippen molar-refractivity contribution in [1.82, 2.24) is 16.0 Å². The third-order valence-electron chi connectivity index (χ3n) is 7.05. The Hall–Kier alpha value is -3.96. The molecule has 5 unspecified atom stereocenters. The van der Waals surface area contributed by atoms with Gasteiger partial charge in [-0.3, -0.25) is 14.4 Å². The molecule has 9 N–H and O–H groups in total. The number of carbonyl (C=O) groups is 4. The van der Waals surface area contributed by atoms with E-state index >= 15 is 0 Å². The Morgan fingerprint density at radius 3 is 1.80 bits per heavy atom. The number of hydrogen-bond donors (Lipinski definition) is 7. The summed E-state index contributed by atoms with van der Waals surface area (Å²) < 4.78 is 0. The van der Waals surface area contributed by atoms with Crippen molar-refractivity contribution in [2.24, 2.45) is 17.4 Å². The van der Waals surface area contributed by atoms with Crippen LogP contribution in [0.2, 0.25) is 0 Å². The molecule has 11 heteroatoms. The van der Waals surface area contributed by atoms with Crippen LogP contribution in [-0.4, -0.2) is 64.6 Å². The topological polar surface area (TPSA) is 197 Å². The monoisotopic (exact) mass is 569 g/mol. The number of phenolic OH excluding ortho intramolecular Hbond substituents is 1. The Kier molecular flexibility index (Phi) is 13.8. The lowest BCUT2D eigenvalue weighted by molar-refractivity contribution is -0.142. The maximum atomic E-state index is 13.6. The molecule has 5 atom stereocenters. The number of amides is 3. The molecule has 0 heterocycles. The van der Waals surface area contributed by atoms with Gasteiger partial charge in [-0.2, -0.15) is 0 Å². The van der Waals surface area contributed by atoms with Gasteiger partial charge in [0.1, 0.15) is 23.9 Å². The van der Waals surface area contributed by atoms with Crippen LogP contribution in [0, 0.1) is 5.92 Å². The summed E-state index contributed by atoms with van der Waals surface area (Å²) in [7, 11) is 0. The lowest BCUT2D eigenvalue weighted by Gasteiger charge is -2.26. The number of unbranched alkanes of at least 4 members (excludes halogenated alkanes) is 1. The molecule has 0 aromatic heterocycles. The number of aromatic hydroxyl groups is 1. The van der Waals surface area contributed by atoms with Crippen LogP contribution in [-0.2, 0) is 32.0 Å². The van der Waals surface area contributed by atoms with E-state index < -0.39 is 47.9 Å². The second-order valence-corrected chi connectivity index (χ2v) is 10.3. The third kappa shape index (κ3) is 11.2. The Labute approximate surface area is 241 Å². The van der Waals surface area contributed by atoms with Crippen LogP contribution in [0.3, 0.4) is 0 Å². The zero-order valence-electron chi connectivity index (χ0n) is 23.7. The fourth-order valence-electron chi connectivity index (χ4n) is 4.21. The van der Waals surface area contributed by atoms with Crippen LogP contribution in [0.4, 0.5) is 0 Å². The summed E-state index contributed by atoms with van der Waals surface area (Å²) in [6.07, 6.45) is 2.13. The minimum Gasteiger partial charge on any atom is -0.508 e. The Morgan fingerprint density at radius 2 is 1.29 bits per heavy atom. The van der Waals surface area contributed by atoms with Gasteiger partial charge in [-0.15, -0.1) is 0 Å². The summed E-state index contributed by atoms with van der Waals surface area (Å²) >= 11 is 0. The summed E-state index contributed by atoms with van der Waals surface area (Å²) in [5.74, 6) is -3.07. The number of rotatable bonds is 17. The van der Waals surface area contributed by atoms with Crippen molar-refractivity contribution in [3.63, 3.8) is 0 Å². The van der Waals surface area contributed by atoms with Crippen LogP contribution in [0.1, 0.15) is 50.7 Å². The molecule has 2 rings (SSSR count). The number of hydrogen-bond acceptors (Lipinski definition) is 7. The van der Waals surface area contributed by atoms with E-state index in [0.717, 1.165) is 5.56 Å². The Morgan fingerprint density at radius 1 is 0.780 bits per heavy atom. The highest BCUT2D eigenvalue weighted by molar-refractivity contribution is 5.94. The zero-order chi connectivity index (χ0) is 30.4. The minimum atomic E-state index is -1.20. The molecule has 0 bridgehead atoms. The van der Waals surface area contributed by atoms with E-state index in [1.807, 2.05) is 44.2 Å². The SMILES string of the molecule is CCC(C)C(N)C(=O)NC(Cc1ccccc1)C(=O)NC(Cc1ccc(O)cc1)C(=O)NC(CCCCN)C(=O)O. The highest BCUT2D eigenvalue weighted by Gasteiger charge is 2.31. The van der Waals surface area contributed by atoms with Gasteiger partial charge in [0.2, 0.25) is 17.7 Å². The average Bonchev–Trinajstić information content (AvgIpc) is 2.96. The number of nitrogens with one attached hydrogen (secondary N) is 3. The molecule has 0 aliphatic carbocycles. The zero-order valence-corrected chi connectivity index (χ0v) is 23.7. The average molecular weight is 570 g/mol. The van der Waals surface area contributed by atoms with E-state index in [4.69, 9.17) is 11.5 Å². The second-order valence-electron chi connectivity index (χ2n) is 10.3. The van der Waals surface area contributed by atoms with E-state index in [9.17, 15) is 29.4 Å². The van der Waals surface area contributed by atoms with E-state index in [2.05, 4.69) is 16.0 Å². The van der Waals surface area contributed by atoms with Crippen molar-refractivity contribution >= 4 is 23.7 Å². The van der Waals surface area contributed by atoms with Crippen molar-refractivity contribution in [3.05, 3.63) is 65.7 Å². The lowest BCUT2D eigenvalue weighted by Crippen LogP contribution is -2.58. The quantitative estimate of drug-likeness (QED) is 0.138. The van der Waals surface area contributed by atoms with Crippen LogP contribution in [0.5, 0.6) is 5.75 Å². The largest absolute Gasteiger partial charge is 0.508 e. The van der Waals surface area contributed by atoms with E-state index in [-0.39, 0.29) is 30.9 Å². The number of carbonyl (C=O) groups excluding carboxylic acids is 3. The molecule has 0 radical (unpaired) electrons. The first-order chi connectivity index (χ1) is 19.5. The van der Waals surface area contributed by atoms with Gasteiger partial charge in [0.05, 0.1) is 6.04 Å². The van der Waals surface area contributed by atoms with Gasteiger partial charge in [0, 0.05) is 12.8 Å². The number of phenols is 1. The molecule has 3 amide bonds. The summed E-state index contributed by atoms with van der Waals surface area (Å²) in [6, 6.07) is 11.0. The minimum absolute atomic E-state index is 0.0192. The molecule has 41 heavy (non-hydrogen) atoms. The summed E-state index contributed by atoms with van der Waals surface area (Å²) in [4.78, 5) is 51.8. The molecule has 2 aromatic rings. The number of nitrogens with two attached hydrogens (primary N) is 2. The van der Waals surface area contributed by atoms with Crippen LogP contribution < -0.4 is 27.4 Å². The number of carboxylic acids is 1. The highest BCUT2D eigenvalue weighted by atomic mass is 16.4. The third-order valence-corrected chi connectivity index (χ3v) is 7.05. The number of carboxylic acid groups (broad SMARTS) is 1. The molecule has 224 valence electrons. The lowest BCUT2D eigenvalue weighted by atomic mass is 9.98. The predicted molar refractivity (Wildman–Crippen MR) is 156 cm³/mol. The smallest absolute Gasteiger partial charge is 0.326 e. The fraction of sp³-hybridized carbons (Fsp3) is 0.467. The first-order valence-corrected chi connectivity index (χ1v) is 14.0. The van der Waals surface area contributed by atoms with Crippen molar-refractivity contribution in [2.45, 2.75) is 76.5 Å². The van der Waals surface area contributed by atoms with E-state index in [1.165, 1.54) is 12.1 Å². The van der Waals surface area contributed by atoms with Crippen LogP contribution in [0.15, 0.2) is 54.6 Å². The molecule has 0 saturated carbocycles. The molecule has 0 aliphatic heterocycles. The van der Waals surface area contributed by atoms with Gasteiger partial charge in [-0.25, -0.2) is 4.79 Å². The first-order valence-electron chi connectivity index (χ1n) is 14.0. The van der Waals surface area contributed by atoms with Gasteiger partial charge in [-0.1, -0.05) is 62.7 Å². The normalized spacial score (nSPS) is 14.6. The van der Waals surface area contributed by atoms with Gasteiger partial charge in [0.25, 0.3) is 0 Å². The second kappa shape index (κ2) is 17.0. The van der Waals surface area contributed by atoms with Crippen molar-refractivity contribution < 1.29 is 29.4 Å². The van der Waals surface area contributed by atoms with Crippen LogP contribution >= 0.6 is 0 Å². The molecule has 2 aromatic carbocycles. The van der Waals surface area contributed by atoms with Crippen molar-refractivity contribution in [1.29, 1.82) is 0 Å². The molecule has 0 aliphatic rings. The first kappa shape index (κ1) is 33.2. The summed E-state index contributed by atoms with van der Waals surface area (Å²) in [6.45, 7) is 4.16.